The Kier molecular flexibility index (Phi) is 6.83. The van der Waals surface area contributed by atoms with E-state index in [0.717, 1.165) is 12.0 Å². The molecule has 1 heterocycles. The molecule has 1 nitrogen and oxygen atoms in total. The lowest BCUT2D eigenvalue weighted by molar-refractivity contribution is 1.15. The number of hydrogen-bond acceptors (Lipinski definition) is 1. The Bertz CT molecular complexity index is 2590. The molecule has 8 aromatic carbocycles. The van der Waals surface area contributed by atoms with E-state index in [9.17, 15) is 0 Å². The van der Waals surface area contributed by atoms with E-state index in [0.29, 0.717) is 0 Å². The summed E-state index contributed by atoms with van der Waals surface area (Å²) in [6.07, 6.45) is 4.93. The lowest BCUT2D eigenvalue weighted by Crippen LogP contribution is -1.93. The van der Waals surface area contributed by atoms with E-state index in [-0.39, 0.29) is 0 Å². The van der Waals surface area contributed by atoms with Crippen molar-refractivity contribution in [3.8, 4) is 44.5 Å². The molecule has 0 spiro atoms. The van der Waals surface area contributed by atoms with Gasteiger partial charge in [0.2, 0.25) is 0 Å². The van der Waals surface area contributed by atoms with Gasteiger partial charge < -0.3 is 0 Å². The maximum atomic E-state index is 4.52. The normalized spacial score (nSPS) is 11.5. The predicted octanol–water partition coefficient (Wildman–Crippen LogP) is 12.9. The molecule has 0 N–H and O–H groups in total. The van der Waals surface area contributed by atoms with Crippen molar-refractivity contribution in [2.75, 3.05) is 0 Å². The zero-order valence-electron chi connectivity index (χ0n) is 26.8. The Hall–Kier alpha value is -6.05. The van der Waals surface area contributed by atoms with Gasteiger partial charge >= 0.3 is 0 Å². The van der Waals surface area contributed by atoms with E-state index < -0.39 is 0 Å². The first-order valence-electron chi connectivity index (χ1n) is 16.8. The zero-order valence-corrected chi connectivity index (χ0v) is 26.8. The third kappa shape index (κ3) is 4.59. The molecular weight excluding hydrogens is 579 g/mol. The van der Waals surface area contributed by atoms with E-state index in [1.54, 1.807) is 0 Å². The topological polar surface area (TPSA) is 12.9 Å². The van der Waals surface area contributed by atoms with Gasteiger partial charge in [-0.15, -0.1) is 0 Å². The van der Waals surface area contributed by atoms with Crippen molar-refractivity contribution in [1.82, 2.24) is 4.98 Å². The molecule has 1 heteroatoms. The molecule has 0 radical (unpaired) electrons. The number of rotatable bonds is 5. The average molecular weight is 612 g/mol. The Morgan fingerprint density at radius 3 is 1.65 bits per heavy atom. The summed E-state index contributed by atoms with van der Waals surface area (Å²) in [6.45, 7) is 2.22. The third-order valence-corrected chi connectivity index (χ3v) is 9.92. The van der Waals surface area contributed by atoms with Crippen LogP contribution < -0.4 is 0 Å². The van der Waals surface area contributed by atoms with Gasteiger partial charge in [0, 0.05) is 18.0 Å². The van der Waals surface area contributed by atoms with E-state index in [1.807, 2.05) is 12.4 Å². The number of pyridine rings is 1. The van der Waals surface area contributed by atoms with Crippen molar-refractivity contribution in [3.63, 3.8) is 0 Å². The van der Waals surface area contributed by atoms with Crippen molar-refractivity contribution < 1.29 is 0 Å². The van der Waals surface area contributed by atoms with E-state index in [4.69, 9.17) is 0 Å². The predicted molar refractivity (Wildman–Crippen MR) is 205 cm³/mol. The molecule has 0 unspecified atom stereocenters. The molecule has 226 valence electrons. The number of benzene rings is 8. The summed E-state index contributed by atoms with van der Waals surface area (Å²) in [5, 5.41) is 10.1. The summed E-state index contributed by atoms with van der Waals surface area (Å²) < 4.78 is 0. The van der Waals surface area contributed by atoms with E-state index in [1.165, 1.54) is 87.6 Å². The molecule has 0 amide bonds. The molecule has 0 saturated heterocycles. The molecule has 0 fully saturated rings. The summed E-state index contributed by atoms with van der Waals surface area (Å²) in [7, 11) is 0. The maximum absolute atomic E-state index is 4.52. The highest BCUT2D eigenvalue weighted by molar-refractivity contribution is 6.24. The smallest absolute Gasteiger partial charge is 0.0352 e. The van der Waals surface area contributed by atoms with Crippen LogP contribution in [0.5, 0.6) is 0 Å². The number of nitrogens with zero attached hydrogens (tertiary/aromatic N) is 1. The van der Waals surface area contributed by atoms with Gasteiger partial charge in [0.1, 0.15) is 0 Å². The Morgan fingerprint density at radius 2 is 0.958 bits per heavy atom. The molecule has 9 rings (SSSR count). The van der Waals surface area contributed by atoms with Crippen molar-refractivity contribution in [1.29, 1.82) is 0 Å². The second-order valence-corrected chi connectivity index (χ2v) is 12.6. The van der Waals surface area contributed by atoms with E-state index >= 15 is 0 Å². The fourth-order valence-electron chi connectivity index (χ4n) is 7.63. The minimum absolute atomic E-state index is 1.04. The van der Waals surface area contributed by atoms with Gasteiger partial charge in [-0.2, -0.15) is 0 Å². The number of hydrogen-bond donors (Lipinski definition) is 0. The molecular formula is C47H33N. The number of fused-ring (bicyclic) bond motifs is 4. The van der Waals surface area contributed by atoms with Crippen LogP contribution >= 0.6 is 0 Å². The second kappa shape index (κ2) is 11.6. The molecule has 48 heavy (non-hydrogen) atoms. The van der Waals surface area contributed by atoms with Gasteiger partial charge in [-0.05, 0) is 106 Å². The Morgan fingerprint density at radius 1 is 0.396 bits per heavy atom. The SMILES string of the molecule is CCc1ccc2cc(-c3c4ccccc4c(-c4ccc(-c5ccncc5-c5ccccc5)c5ccccc45)c4ccccc34)ccc2c1. The van der Waals surface area contributed by atoms with Gasteiger partial charge in [-0.1, -0.05) is 153 Å². The lowest BCUT2D eigenvalue weighted by atomic mass is 9.83. The van der Waals surface area contributed by atoms with Crippen LogP contribution in [-0.4, -0.2) is 4.98 Å². The van der Waals surface area contributed by atoms with Gasteiger partial charge in [-0.25, -0.2) is 0 Å². The van der Waals surface area contributed by atoms with Crippen molar-refractivity contribution in [3.05, 3.63) is 176 Å². The summed E-state index contributed by atoms with van der Waals surface area (Å²) in [5.74, 6) is 0. The standard InChI is InChI=1S/C47H33N/c1-2-31-20-21-34-29-35(23-22-33(34)28-31)46-40-16-8-10-18-42(40)47(43-19-11-9-17-41(43)46)44-25-24-38(36-14-6-7-15-37(36)44)39-26-27-48-30-45(39)32-12-4-3-5-13-32/h3-30H,2H2,1H3. The molecule has 0 aliphatic rings. The molecule has 9 aromatic rings. The highest BCUT2D eigenvalue weighted by atomic mass is 14.6. The Labute approximate surface area is 280 Å². The highest BCUT2D eigenvalue weighted by Crippen LogP contribution is 2.47. The van der Waals surface area contributed by atoms with Crippen LogP contribution in [0.4, 0.5) is 0 Å². The number of aromatic nitrogens is 1. The minimum atomic E-state index is 1.04. The van der Waals surface area contributed by atoms with Crippen LogP contribution in [0.1, 0.15) is 12.5 Å². The fraction of sp³-hybridized carbons (Fsp3) is 0.0426. The summed E-state index contributed by atoms with van der Waals surface area (Å²) >= 11 is 0. The second-order valence-electron chi connectivity index (χ2n) is 12.6. The molecule has 0 bridgehead atoms. The molecule has 0 atom stereocenters. The van der Waals surface area contributed by atoms with Crippen LogP contribution in [0.25, 0.3) is 87.6 Å². The molecule has 0 saturated carbocycles. The average Bonchev–Trinajstić information content (AvgIpc) is 3.16. The first-order chi connectivity index (χ1) is 23.8. The zero-order chi connectivity index (χ0) is 32.0. The first kappa shape index (κ1) is 28.2. The first-order valence-corrected chi connectivity index (χ1v) is 16.8. The lowest BCUT2D eigenvalue weighted by Gasteiger charge is -2.20. The monoisotopic (exact) mass is 611 g/mol. The van der Waals surface area contributed by atoms with Crippen LogP contribution in [0.15, 0.2) is 170 Å². The largest absolute Gasteiger partial charge is 0.264 e. The third-order valence-electron chi connectivity index (χ3n) is 9.92. The van der Waals surface area contributed by atoms with Crippen LogP contribution in [0, 0.1) is 0 Å². The van der Waals surface area contributed by atoms with Gasteiger partial charge in [-0.3, -0.25) is 4.98 Å². The van der Waals surface area contributed by atoms with Crippen molar-refractivity contribution in [2.45, 2.75) is 13.3 Å². The van der Waals surface area contributed by atoms with Crippen molar-refractivity contribution >= 4 is 43.1 Å². The van der Waals surface area contributed by atoms with E-state index in [2.05, 4.69) is 170 Å². The van der Waals surface area contributed by atoms with Gasteiger partial charge in [0.25, 0.3) is 0 Å². The van der Waals surface area contributed by atoms with Gasteiger partial charge in [0.15, 0.2) is 0 Å². The molecule has 0 aliphatic carbocycles. The Balaban J connectivity index is 1.31. The summed E-state index contributed by atoms with van der Waals surface area (Å²) in [5.41, 5.74) is 11.1. The molecule has 1 aromatic heterocycles. The highest BCUT2D eigenvalue weighted by Gasteiger charge is 2.20. The summed E-state index contributed by atoms with van der Waals surface area (Å²) in [4.78, 5) is 4.52. The maximum Gasteiger partial charge on any atom is 0.0352 e. The van der Waals surface area contributed by atoms with Crippen LogP contribution in [-0.2, 0) is 6.42 Å². The minimum Gasteiger partial charge on any atom is -0.264 e. The van der Waals surface area contributed by atoms with Crippen LogP contribution in [0.2, 0.25) is 0 Å². The molecule has 0 aliphatic heterocycles. The van der Waals surface area contributed by atoms with Gasteiger partial charge in [0.05, 0.1) is 0 Å². The number of aryl methyl sites for hydroxylation is 1. The quantitative estimate of drug-likeness (QED) is 0.176. The van der Waals surface area contributed by atoms with Crippen LogP contribution in [0.3, 0.4) is 0 Å². The van der Waals surface area contributed by atoms with Crippen molar-refractivity contribution in [2.24, 2.45) is 0 Å². The summed E-state index contributed by atoms with van der Waals surface area (Å²) in [6, 6.07) is 57.9. The fourth-order valence-corrected chi connectivity index (χ4v) is 7.63.